The number of hydrogen-bond acceptors (Lipinski definition) is 1. The zero-order chi connectivity index (χ0) is 5.98. The SMILES string of the molecule is [CH2-]CC1CCCN1C.[Li+]. The van der Waals surface area contributed by atoms with E-state index in [1.165, 1.54) is 19.4 Å². The number of rotatable bonds is 1. The first-order chi connectivity index (χ1) is 3.84. The van der Waals surface area contributed by atoms with Crippen LogP contribution in [0.5, 0.6) is 0 Å². The third-order valence-electron chi connectivity index (χ3n) is 2.00. The molecule has 0 radical (unpaired) electrons. The van der Waals surface area contributed by atoms with Crippen molar-refractivity contribution >= 4 is 0 Å². The molecular formula is C7H14LiN. The van der Waals surface area contributed by atoms with E-state index in [0.717, 1.165) is 12.5 Å². The zero-order valence-electron chi connectivity index (χ0n) is 6.56. The van der Waals surface area contributed by atoms with Crippen molar-refractivity contribution in [1.29, 1.82) is 0 Å². The van der Waals surface area contributed by atoms with Crippen molar-refractivity contribution in [1.82, 2.24) is 4.90 Å². The Kier molecular flexibility index (Phi) is 4.66. The molecule has 0 spiro atoms. The molecule has 0 aromatic carbocycles. The number of likely N-dealkylation sites (tertiary alicyclic amines) is 1. The summed E-state index contributed by atoms with van der Waals surface area (Å²) in [4.78, 5) is 2.40. The Morgan fingerprint density at radius 2 is 2.33 bits per heavy atom. The molecule has 0 saturated carbocycles. The predicted octanol–water partition coefficient (Wildman–Crippen LogP) is -1.69. The van der Waals surface area contributed by atoms with Crippen LogP contribution >= 0.6 is 0 Å². The minimum Gasteiger partial charge on any atom is -0.342 e. The van der Waals surface area contributed by atoms with Crippen molar-refractivity contribution in [3.8, 4) is 0 Å². The van der Waals surface area contributed by atoms with Gasteiger partial charge in [-0.2, -0.15) is 6.42 Å². The summed E-state index contributed by atoms with van der Waals surface area (Å²) in [7, 11) is 2.18. The van der Waals surface area contributed by atoms with E-state index in [4.69, 9.17) is 0 Å². The Labute approximate surface area is 70.0 Å². The smallest absolute Gasteiger partial charge is 0.342 e. The maximum Gasteiger partial charge on any atom is 1.00 e. The first-order valence-electron chi connectivity index (χ1n) is 3.34. The number of nitrogens with zero attached hydrogens (tertiary/aromatic N) is 1. The van der Waals surface area contributed by atoms with Gasteiger partial charge in [0.15, 0.2) is 0 Å². The minimum atomic E-state index is 0. The molecule has 1 fully saturated rings. The molecule has 0 aromatic rings. The van der Waals surface area contributed by atoms with Gasteiger partial charge in [0, 0.05) is 0 Å². The van der Waals surface area contributed by atoms with E-state index >= 15 is 0 Å². The Bertz CT molecular complexity index is 75.3. The maximum atomic E-state index is 3.88. The first-order valence-corrected chi connectivity index (χ1v) is 3.34. The Balaban J connectivity index is 0.000000640. The topological polar surface area (TPSA) is 3.24 Å². The van der Waals surface area contributed by atoms with Crippen LogP contribution in [0.3, 0.4) is 0 Å². The molecule has 1 aliphatic heterocycles. The van der Waals surface area contributed by atoms with Crippen LogP contribution in [-0.4, -0.2) is 24.5 Å². The van der Waals surface area contributed by atoms with E-state index in [9.17, 15) is 0 Å². The largest absolute Gasteiger partial charge is 1.00 e. The van der Waals surface area contributed by atoms with E-state index in [0.29, 0.717) is 0 Å². The first kappa shape index (κ1) is 9.56. The van der Waals surface area contributed by atoms with Crippen LogP contribution < -0.4 is 18.9 Å². The van der Waals surface area contributed by atoms with Crippen LogP contribution in [0.4, 0.5) is 0 Å². The van der Waals surface area contributed by atoms with Crippen LogP contribution in [0.2, 0.25) is 0 Å². The summed E-state index contributed by atoms with van der Waals surface area (Å²) in [5.74, 6) is 0. The average molecular weight is 119 g/mol. The van der Waals surface area contributed by atoms with Crippen LogP contribution in [-0.2, 0) is 0 Å². The summed E-state index contributed by atoms with van der Waals surface area (Å²) in [6.45, 7) is 5.15. The fourth-order valence-electron chi connectivity index (χ4n) is 1.34. The molecule has 0 N–H and O–H groups in total. The van der Waals surface area contributed by atoms with Crippen molar-refractivity contribution in [2.45, 2.75) is 25.3 Å². The Morgan fingerprint density at radius 3 is 2.56 bits per heavy atom. The quantitative estimate of drug-likeness (QED) is 0.294. The van der Waals surface area contributed by atoms with E-state index in [-0.39, 0.29) is 18.9 Å². The summed E-state index contributed by atoms with van der Waals surface area (Å²) in [6, 6.07) is 0.787. The molecular weight excluding hydrogens is 105 g/mol. The van der Waals surface area contributed by atoms with Gasteiger partial charge in [-0.1, -0.05) is 0 Å². The molecule has 0 amide bonds. The molecule has 0 bridgehead atoms. The Hall–Kier alpha value is 0.557. The summed E-state index contributed by atoms with van der Waals surface area (Å²) >= 11 is 0. The fraction of sp³-hybridized carbons (Fsp3) is 0.857. The molecule has 1 rings (SSSR count). The maximum absolute atomic E-state index is 3.88. The van der Waals surface area contributed by atoms with Gasteiger partial charge in [0.1, 0.15) is 0 Å². The molecule has 1 nitrogen and oxygen atoms in total. The van der Waals surface area contributed by atoms with Gasteiger partial charge in [-0.15, -0.1) is 0 Å². The van der Waals surface area contributed by atoms with E-state index in [1.54, 1.807) is 0 Å². The van der Waals surface area contributed by atoms with Gasteiger partial charge >= 0.3 is 18.9 Å². The predicted molar refractivity (Wildman–Crippen MR) is 35.6 cm³/mol. The van der Waals surface area contributed by atoms with Crippen LogP contribution in [0.1, 0.15) is 19.3 Å². The molecule has 1 atom stereocenters. The van der Waals surface area contributed by atoms with Crippen LogP contribution in [0.25, 0.3) is 0 Å². The second-order valence-corrected chi connectivity index (χ2v) is 2.57. The third-order valence-corrected chi connectivity index (χ3v) is 2.00. The standard InChI is InChI=1S/C7H14N.Li/c1-3-7-5-4-6-8(7)2;/h7H,1,3-6H2,2H3;/q-1;+1. The molecule has 48 valence electrons. The molecule has 0 aromatic heterocycles. The third kappa shape index (κ3) is 2.33. The Morgan fingerprint density at radius 1 is 1.67 bits per heavy atom. The zero-order valence-corrected chi connectivity index (χ0v) is 6.56. The molecule has 9 heavy (non-hydrogen) atoms. The summed E-state index contributed by atoms with van der Waals surface area (Å²) in [5, 5.41) is 0. The van der Waals surface area contributed by atoms with Crippen molar-refractivity contribution in [3.05, 3.63) is 6.92 Å². The van der Waals surface area contributed by atoms with Crippen LogP contribution in [0, 0.1) is 6.92 Å². The van der Waals surface area contributed by atoms with Gasteiger partial charge in [-0.25, -0.2) is 0 Å². The minimum absolute atomic E-state index is 0. The second kappa shape index (κ2) is 4.39. The fourth-order valence-corrected chi connectivity index (χ4v) is 1.34. The van der Waals surface area contributed by atoms with Gasteiger partial charge in [0.05, 0.1) is 0 Å². The summed E-state index contributed by atoms with van der Waals surface area (Å²) in [6.07, 6.45) is 3.81. The molecule has 1 aliphatic rings. The van der Waals surface area contributed by atoms with Gasteiger partial charge in [-0.05, 0) is 32.5 Å². The molecule has 1 heterocycles. The van der Waals surface area contributed by atoms with Crippen molar-refractivity contribution in [2.75, 3.05) is 13.6 Å². The average Bonchev–Trinajstić information content (AvgIpc) is 2.14. The van der Waals surface area contributed by atoms with Gasteiger partial charge in [0.25, 0.3) is 0 Å². The monoisotopic (exact) mass is 119 g/mol. The molecule has 1 saturated heterocycles. The molecule has 0 aliphatic carbocycles. The van der Waals surface area contributed by atoms with Gasteiger partial charge < -0.3 is 11.8 Å². The molecule has 2 heteroatoms. The van der Waals surface area contributed by atoms with E-state index in [1.807, 2.05) is 0 Å². The van der Waals surface area contributed by atoms with E-state index < -0.39 is 0 Å². The van der Waals surface area contributed by atoms with E-state index in [2.05, 4.69) is 18.9 Å². The van der Waals surface area contributed by atoms with Gasteiger partial charge in [-0.3, -0.25) is 0 Å². The molecule has 1 unspecified atom stereocenters. The van der Waals surface area contributed by atoms with Gasteiger partial charge in [0.2, 0.25) is 0 Å². The second-order valence-electron chi connectivity index (χ2n) is 2.57. The van der Waals surface area contributed by atoms with Crippen molar-refractivity contribution < 1.29 is 18.9 Å². The number of hydrogen-bond donors (Lipinski definition) is 0. The summed E-state index contributed by atoms with van der Waals surface area (Å²) in [5.41, 5.74) is 0. The van der Waals surface area contributed by atoms with Crippen molar-refractivity contribution in [2.24, 2.45) is 0 Å². The van der Waals surface area contributed by atoms with Crippen LogP contribution in [0.15, 0.2) is 0 Å². The summed E-state index contributed by atoms with van der Waals surface area (Å²) < 4.78 is 0. The normalized spacial score (nSPS) is 28.0. The van der Waals surface area contributed by atoms with Crippen molar-refractivity contribution in [3.63, 3.8) is 0 Å².